The third-order valence-electron chi connectivity index (χ3n) is 6.37. The fourth-order valence-electron chi connectivity index (χ4n) is 4.43. The number of hydrogen-bond acceptors (Lipinski definition) is 5. The highest BCUT2D eigenvalue weighted by molar-refractivity contribution is 6.30. The largest absolute Gasteiger partial charge is 0.484 e. The molecule has 4 aromatic rings. The van der Waals surface area contributed by atoms with Crippen molar-refractivity contribution in [3.05, 3.63) is 112 Å². The van der Waals surface area contributed by atoms with E-state index in [1.807, 2.05) is 34.9 Å². The Morgan fingerprint density at radius 3 is 2.38 bits per heavy atom. The van der Waals surface area contributed by atoms with Crippen molar-refractivity contribution in [3.63, 3.8) is 0 Å². The zero-order valence-electron chi connectivity index (χ0n) is 21.2. The summed E-state index contributed by atoms with van der Waals surface area (Å²) in [6.07, 6.45) is 0. The second-order valence-corrected chi connectivity index (χ2v) is 9.34. The van der Waals surface area contributed by atoms with Crippen molar-refractivity contribution in [2.24, 2.45) is 0 Å². The first-order valence-corrected chi connectivity index (χ1v) is 12.8. The van der Waals surface area contributed by atoms with Gasteiger partial charge in [-0.15, -0.1) is 0 Å². The quantitative estimate of drug-likeness (QED) is 0.309. The highest BCUT2D eigenvalue weighted by Gasteiger charge is 2.27. The second-order valence-electron chi connectivity index (χ2n) is 8.90. The number of rotatable bonds is 7. The third-order valence-corrected chi connectivity index (χ3v) is 6.62. The van der Waals surface area contributed by atoms with Crippen molar-refractivity contribution < 1.29 is 23.9 Å². The molecule has 0 unspecified atom stereocenters. The van der Waals surface area contributed by atoms with E-state index in [4.69, 9.17) is 21.1 Å². The summed E-state index contributed by atoms with van der Waals surface area (Å²) in [6, 6.07) is 24.6. The molecule has 1 N–H and O–H groups in total. The molecule has 0 bridgehead atoms. The van der Waals surface area contributed by atoms with Gasteiger partial charge in [-0.2, -0.15) is 0 Å². The minimum atomic E-state index is -0.413. The lowest BCUT2D eigenvalue weighted by molar-refractivity contribution is -0.120. The molecule has 0 saturated heterocycles. The Morgan fingerprint density at radius 1 is 0.897 bits per heavy atom. The average molecular weight is 544 g/mol. The molecule has 8 nitrogen and oxygen atoms in total. The van der Waals surface area contributed by atoms with Gasteiger partial charge in [-0.25, -0.2) is 4.79 Å². The Bertz CT molecular complexity index is 1510. The van der Waals surface area contributed by atoms with Crippen molar-refractivity contribution >= 4 is 40.8 Å². The van der Waals surface area contributed by atoms with E-state index in [1.165, 1.54) is 0 Å². The van der Waals surface area contributed by atoms with Gasteiger partial charge >= 0.3 is 5.97 Å². The molecule has 0 spiro atoms. The van der Waals surface area contributed by atoms with Gasteiger partial charge < -0.3 is 24.3 Å². The zero-order valence-corrected chi connectivity index (χ0v) is 22.0. The highest BCUT2D eigenvalue weighted by Crippen LogP contribution is 2.29. The maximum absolute atomic E-state index is 13.3. The Labute approximate surface area is 230 Å². The van der Waals surface area contributed by atoms with Gasteiger partial charge in [-0.3, -0.25) is 9.59 Å². The van der Waals surface area contributed by atoms with E-state index in [1.54, 1.807) is 66.4 Å². The van der Waals surface area contributed by atoms with Crippen LogP contribution in [0.4, 0.5) is 11.4 Å². The summed E-state index contributed by atoms with van der Waals surface area (Å²) >= 11 is 5.94. The number of nitrogens with zero attached hydrogens (tertiary/aromatic N) is 2. The number of fused-ring (bicyclic) bond motifs is 2. The maximum atomic E-state index is 13.3. The van der Waals surface area contributed by atoms with E-state index >= 15 is 0 Å². The molecule has 9 heteroatoms. The van der Waals surface area contributed by atoms with Crippen molar-refractivity contribution in [2.45, 2.75) is 20.0 Å². The number of carbonyl (C=O) groups excluding carboxylic acids is 3. The van der Waals surface area contributed by atoms with Gasteiger partial charge in [0.25, 0.3) is 11.8 Å². The predicted molar refractivity (Wildman–Crippen MR) is 148 cm³/mol. The Hall–Kier alpha value is -4.56. The van der Waals surface area contributed by atoms with Crippen LogP contribution in [0, 0.1) is 0 Å². The van der Waals surface area contributed by atoms with E-state index < -0.39 is 5.97 Å². The van der Waals surface area contributed by atoms with Gasteiger partial charge in [0, 0.05) is 22.1 Å². The monoisotopic (exact) mass is 543 g/mol. The van der Waals surface area contributed by atoms with Gasteiger partial charge in [0.05, 0.1) is 25.3 Å². The first-order chi connectivity index (χ1) is 18.9. The minimum absolute atomic E-state index is 0.147. The molecule has 0 radical (unpaired) electrons. The van der Waals surface area contributed by atoms with Crippen LogP contribution in [0.15, 0.2) is 84.9 Å². The lowest BCUT2D eigenvalue weighted by Crippen LogP contribution is -2.34. The number of amides is 2. The van der Waals surface area contributed by atoms with Crippen LogP contribution in [-0.2, 0) is 22.6 Å². The summed E-state index contributed by atoms with van der Waals surface area (Å²) in [6.45, 7) is 2.59. The van der Waals surface area contributed by atoms with Crippen LogP contribution in [-0.4, -0.2) is 35.6 Å². The van der Waals surface area contributed by atoms with Crippen LogP contribution in [0.3, 0.4) is 0 Å². The number of hydrogen-bond donors (Lipinski definition) is 1. The average Bonchev–Trinajstić information content (AvgIpc) is 3.26. The van der Waals surface area contributed by atoms with Crippen LogP contribution in [0.5, 0.6) is 5.75 Å². The predicted octanol–water partition coefficient (Wildman–Crippen LogP) is 5.54. The number of benzene rings is 3. The first-order valence-electron chi connectivity index (χ1n) is 12.5. The number of aromatic nitrogens is 1. The molecule has 2 heterocycles. The molecular formula is C30H26ClN3O5. The highest BCUT2D eigenvalue weighted by atomic mass is 35.5. The van der Waals surface area contributed by atoms with E-state index in [9.17, 15) is 14.4 Å². The third kappa shape index (κ3) is 5.81. The summed E-state index contributed by atoms with van der Waals surface area (Å²) < 4.78 is 12.6. The SMILES string of the molecule is CCOC(=O)c1ccc(NC(=O)c2ccc3n2Cc2ccccc2N(C(=O)COc2ccc(Cl)cc2)C3)cc1. The van der Waals surface area contributed by atoms with Gasteiger partial charge in [0.2, 0.25) is 0 Å². The molecule has 0 fully saturated rings. The van der Waals surface area contributed by atoms with Crippen molar-refractivity contribution in [2.75, 3.05) is 23.4 Å². The van der Waals surface area contributed by atoms with Crippen LogP contribution in [0.1, 0.15) is 39.0 Å². The van der Waals surface area contributed by atoms with Gasteiger partial charge in [0.15, 0.2) is 6.61 Å². The molecule has 2 amide bonds. The molecular weight excluding hydrogens is 518 g/mol. The molecule has 0 atom stereocenters. The summed E-state index contributed by atoms with van der Waals surface area (Å²) in [5.41, 5.74) is 3.91. The topological polar surface area (TPSA) is 89.9 Å². The summed E-state index contributed by atoms with van der Waals surface area (Å²) in [5, 5.41) is 3.48. The summed E-state index contributed by atoms with van der Waals surface area (Å²) in [4.78, 5) is 40.2. The lowest BCUT2D eigenvalue weighted by atomic mass is 10.1. The molecule has 3 aromatic carbocycles. The normalized spacial score (nSPS) is 12.1. The van der Waals surface area contributed by atoms with Gasteiger partial charge in [-0.1, -0.05) is 29.8 Å². The number of anilines is 2. The summed E-state index contributed by atoms with van der Waals surface area (Å²) in [5.74, 6) is -0.370. The van der Waals surface area contributed by atoms with Crippen molar-refractivity contribution in [1.82, 2.24) is 4.57 Å². The molecule has 5 rings (SSSR count). The van der Waals surface area contributed by atoms with E-state index in [-0.39, 0.29) is 31.6 Å². The van der Waals surface area contributed by atoms with Gasteiger partial charge in [0.1, 0.15) is 11.4 Å². The fourth-order valence-corrected chi connectivity index (χ4v) is 4.56. The number of ether oxygens (including phenoxy) is 2. The Kier molecular flexibility index (Phi) is 7.65. The number of nitrogens with one attached hydrogen (secondary N) is 1. The molecule has 1 aliphatic heterocycles. The number of esters is 1. The molecule has 0 aliphatic carbocycles. The molecule has 0 saturated carbocycles. The molecule has 1 aliphatic rings. The standard InChI is InChI=1S/C30H26ClN3O5/c1-2-38-30(37)20-7-11-23(12-8-20)32-29(36)27-16-13-24-18-34(26-6-4-3-5-21(26)17-33(24)27)28(35)19-39-25-14-9-22(31)10-15-25/h3-16H,2,17-19H2,1H3,(H,32,36). The van der Waals surface area contributed by atoms with Crippen LogP contribution in [0.2, 0.25) is 5.02 Å². The number of para-hydroxylation sites is 1. The van der Waals surface area contributed by atoms with Crippen LogP contribution >= 0.6 is 11.6 Å². The fraction of sp³-hybridized carbons (Fsp3) is 0.167. The number of carbonyl (C=O) groups is 3. The van der Waals surface area contributed by atoms with Gasteiger partial charge in [-0.05, 0) is 79.2 Å². The second kappa shape index (κ2) is 11.4. The number of halogens is 1. The lowest BCUT2D eigenvalue weighted by Gasteiger charge is -2.22. The van der Waals surface area contributed by atoms with E-state index in [0.717, 1.165) is 16.9 Å². The van der Waals surface area contributed by atoms with Crippen LogP contribution < -0.4 is 15.0 Å². The molecule has 198 valence electrons. The van der Waals surface area contributed by atoms with Crippen LogP contribution in [0.25, 0.3) is 0 Å². The smallest absolute Gasteiger partial charge is 0.338 e. The maximum Gasteiger partial charge on any atom is 0.338 e. The minimum Gasteiger partial charge on any atom is -0.484 e. The first kappa shape index (κ1) is 26.1. The Morgan fingerprint density at radius 2 is 1.64 bits per heavy atom. The molecule has 1 aromatic heterocycles. The summed E-state index contributed by atoms with van der Waals surface area (Å²) in [7, 11) is 0. The van der Waals surface area contributed by atoms with E-state index in [2.05, 4.69) is 5.32 Å². The van der Waals surface area contributed by atoms with Crippen molar-refractivity contribution in [3.8, 4) is 5.75 Å². The zero-order chi connectivity index (χ0) is 27.4. The van der Waals surface area contributed by atoms with Crippen molar-refractivity contribution in [1.29, 1.82) is 0 Å². The molecule has 39 heavy (non-hydrogen) atoms. The Balaban J connectivity index is 1.35. The van der Waals surface area contributed by atoms with E-state index in [0.29, 0.717) is 34.3 Å².